The predicted molar refractivity (Wildman–Crippen MR) is 86.2 cm³/mol. The standard InChI is InChI=1S/C15H14F2N2O3S2/c16-10-4-1-5-11(17)14(10)18-15(20)12-6-2-8-19(12)24(21,22)13-7-3-9-23-13/h1,3-5,7,9,12H,2,6,8H2,(H,18,20). The van der Waals surface area contributed by atoms with Crippen LogP contribution in [0, 0.1) is 11.6 Å². The molecule has 1 atom stereocenters. The monoisotopic (exact) mass is 372 g/mol. The van der Waals surface area contributed by atoms with Crippen molar-refractivity contribution in [1.82, 2.24) is 4.31 Å². The maximum atomic E-state index is 13.7. The maximum Gasteiger partial charge on any atom is 0.253 e. The molecule has 1 amide bonds. The Hall–Kier alpha value is -1.84. The second-order valence-electron chi connectivity index (χ2n) is 5.29. The average molecular weight is 372 g/mol. The molecule has 0 bridgehead atoms. The molecule has 9 heteroatoms. The number of thiophene rings is 1. The van der Waals surface area contributed by atoms with E-state index in [0.29, 0.717) is 12.8 Å². The second-order valence-corrected chi connectivity index (χ2v) is 8.36. The molecule has 3 rings (SSSR count). The van der Waals surface area contributed by atoms with Crippen LogP contribution in [0.15, 0.2) is 39.9 Å². The number of amides is 1. The van der Waals surface area contributed by atoms with Crippen LogP contribution in [-0.4, -0.2) is 31.2 Å². The van der Waals surface area contributed by atoms with Gasteiger partial charge in [-0.05, 0) is 36.4 Å². The lowest BCUT2D eigenvalue weighted by atomic mass is 10.2. The van der Waals surface area contributed by atoms with Crippen molar-refractivity contribution in [2.75, 3.05) is 11.9 Å². The Bertz CT molecular complexity index is 833. The van der Waals surface area contributed by atoms with Gasteiger partial charge in [0.2, 0.25) is 5.91 Å². The van der Waals surface area contributed by atoms with Gasteiger partial charge in [0.15, 0.2) is 0 Å². The zero-order chi connectivity index (χ0) is 17.3. The summed E-state index contributed by atoms with van der Waals surface area (Å²) in [6.07, 6.45) is 0.801. The fourth-order valence-electron chi connectivity index (χ4n) is 2.64. The number of benzene rings is 1. The van der Waals surface area contributed by atoms with Crippen molar-refractivity contribution in [1.29, 1.82) is 0 Å². The molecule has 0 aliphatic carbocycles. The molecule has 5 nitrogen and oxygen atoms in total. The number of nitrogens with one attached hydrogen (secondary N) is 1. The average Bonchev–Trinajstić information content (AvgIpc) is 3.22. The fraction of sp³-hybridized carbons (Fsp3) is 0.267. The van der Waals surface area contributed by atoms with Crippen molar-refractivity contribution >= 4 is 33.0 Å². The summed E-state index contributed by atoms with van der Waals surface area (Å²) in [5, 5.41) is 3.81. The Morgan fingerprint density at radius 2 is 1.92 bits per heavy atom. The van der Waals surface area contributed by atoms with Gasteiger partial charge in [0.05, 0.1) is 0 Å². The minimum absolute atomic E-state index is 0.138. The first-order valence-electron chi connectivity index (χ1n) is 7.21. The fourth-order valence-corrected chi connectivity index (χ4v) is 5.42. The number of sulfonamides is 1. The Kier molecular flexibility index (Phi) is 4.66. The van der Waals surface area contributed by atoms with E-state index in [4.69, 9.17) is 0 Å². The van der Waals surface area contributed by atoms with Crippen molar-refractivity contribution < 1.29 is 22.0 Å². The highest BCUT2D eigenvalue weighted by atomic mass is 32.2. The van der Waals surface area contributed by atoms with Crippen molar-refractivity contribution in [3.05, 3.63) is 47.3 Å². The smallest absolute Gasteiger partial charge is 0.253 e. The first kappa shape index (κ1) is 17.0. The molecule has 1 N–H and O–H groups in total. The third kappa shape index (κ3) is 3.06. The summed E-state index contributed by atoms with van der Waals surface area (Å²) < 4.78 is 53.8. The van der Waals surface area contributed by atoms with E-state index in [1.165, 1.54) is 12.1 Å². The predicted octanol–water partition coefficient (Wildman–Crippen LogP) is 2.82. The Morgan fingerprint density at radius 3 is 2.54 bits per heavy atom. The van der Waals surface area contributed by atoms with E-state index in [9.17, 15) is 22.0 Å². The summed E-state index contributed by atoms with van der Waals surface area (Å²) in [5.74, 6) is -2.56. The van der Waals surface area contributed by atoms with Crippen LogP contribution in [0.2, 0.25) is 0 Å². The summed E-state index contributed by atoms with van der Waals surface area (Å²) in [5.41, 5.74) is -0.567. The van der Waals surface area contributed by atoms with Gasteiger partial charge in [0.25, 0.3) is 10.0 Å². The normalized spacial score (nSPS) is 18.7. The highest BCUT2D eigenvalue weighted by molar-refractivity contribution is 7.91. The summed E-state index contributed by atoms with van der Waals surface area (Å²) >= 11 is 1.06. The molecule has 2 aromatic rings. The second kappa shape index (κ2) is 6.58. The van der Waals surface area contributed by atoms with Crippen molar-refractivity contribution in [3.8, 4) is 0 Å². The molecular formula is C15H14F2N2O3S2. The first-order valence-corrected chi connectivity index (χ1v) is 9.53. The van der Waals surface area contributed by atoms with Crippen LogP contribution in [0.25, 0.3) is 0 Å². The Morgan fingerprint density at radius 1 is 1.21 bits per heavy atom. The number of para-hydroxylation sites is 1. The van der Waals surface area contributed by atoms with Gasteiger partial charge in [-0.1, -0.05) is 12.1 Å². The van der Waals surface area contributed by atoms with Crippen LogP contribution in [0.3, 0.4) is 0 Å². The topological polar surface area (TPSA) is 66.5 Å². The molecule has 1 saturated heterocycles. The van der Waals surface area contributed by atoms with E-state index in [1.807, 2.05) is 0 Å². The van der Waals surface area contributed by atoms with Gasteiger partial charge in [-0.25, -0.2) is 17.2 Å². The number of rotatable bonds is 4. The lowest BCUT2D eigenvalue weighted by Crippen LogP contribution is -2.43. The molecule has 1 aromatic carbocycles. The highest BCUT2D eigenvalue weighted by Crippen LogP contribution is 2.29. The number of hydrogen-bond acceptors (Lipinski definition) is 4. The van der Waals surface area contributed by atoms with Crippen LogP contribution in [0.4, 0.5) is 14.5 Å². The number of hydrogen-bond donors (Lipinski definition) is 1. The number of carbonyl (C=O) groups excluding carboxylic acids is 1. The zero-order valence-corrected chi connectivity index (χ0v) is 14.0. The summed E-state index contributed by atoms with van der Waals surface area (Å²) in [6.45, 7) is 0.193. The van der Waals surface area contributed by atoms with E-state index in [1.54, 1.807) is 11.4 Å². The van der Waals surface area contributed by atoms with E-state index < -0.39 is 39.3 Å². The van der Waals surface area contributed by atoms with E-state index in [2.05, 4.69) is 5.32 Å². The molecule has 24 heavy (non-hydrogen) atoms. The van der Waals surface area contributed by atoms with Gasteiger partial charge in [0.1, 0.15) is 27.6 Å². The minimum atomic E-state index is -3.80. The molecule has 1 unspecified atom stereocenters. The SMILES string of the molecule is O=C(Nc1c(F)cccc1F)C1CCCN1S(=O)(=O)c1cccs1. The number of nitrogens with zero attached hydrogens (tertiary/aromatic N) is 1. The highest BCUT2D eigenvalue weighted by Gasteiger charge is 2.40. The van der Waals surface area contributed by atoms with Crippen molar-refractivity contribution in [3.63, 3.8) is 0 Å². The molecule has 1 fully saturated rings. The lowest BCUT2D eigenvalue weighted by Gasteiger charge is -2.22. The van der Waals surface area contributed by atoms with Gasteiger partial charge in [-0.2, -0.15) is 4.31 Å². The molecule has 0 spiro atoms. The van der Waals surface area contributed by atoms with Gasteiger partial charge >= 0.3 is 0 Å². The largest absolute Gasteiger partial charge is 0.320 e. The van der Waals surface area contributed by atoms with Gasteiger partial charge in [-0.15, -0.1) is 11.3 Å². The lowest BCUT2D eigenvalue weighted by molar-refractivity contribution is -0.119. The Labute approximate surface area is 142 Å². The van der Waals surface area contributed by atoms with Crippen LogP contribution in [-0.2, 0) is 14.8 Å². The van der Waals surface area contributed by atoms with Gasteiger partial charge < -0.3 is 5.32 Å². The van der Waals surface area contributed by atoms with Crippen LogP contribution < -0.4 is 5.32 Å². The molecule has 2 heterocycles. The summed E-state index contributed by atoms with van der Waals surface area (Å²) in [4.78, 5) is 12.4. The number of anilines is 1. The number of carbonyl (C=O) groups is 1. The molecule has 0 saturated carbocycles. The van der Waals surface area contributed by atoms with Gasteiger partial charge in [-0.3, -0.25) is 4.79 Å². The molecular weight excluding hydrogens is 358 g/mol. The molecule has 1 aliphatic heterocycles. The van der Waals surface area contributed by atoms with Crippen molar-refractivity contribution in [2.24, 2.45) is 0 Å². The van der Waals surface area contributed by atoms with E-state index >= 15 is 0 Å². The van der Waals surface area contributed by atoms with E-state index in [-0.39, 0.29) is 10.8 Å². The van der Waals surface area contributed by atoms with Gasteiger partial charge in [0, 0.05) is 6.54 Å². The minimum Gasteiger partial charge on any atom is -0.320 e. The molecule has 0 radical (unpaired) electrons. The zero-order valence-electron chi connectivity index (χ0n) is 12.4. The van der Waals surface area contributed by atoms with Crippen molar-refractivity contribution in [2.45, 2.75) is 23.1 Å². The quantitative estimate of drug-likeness (QED) is 0.897. The van der Waals surface area contributed by atoms with Crippen LogP contribution in [0.5, 0.6) is 0 Å². The third-order valence-electron chi connectivity index (χ3n) is 3.78. The van der Waals surface area contributed by atoms with Crippen LogP contribution >= 0.6 is 11.3 Å². The summed E-state index contributed by atoms with van der Waals surface area (Å²) in [7, 11) is -3.80. The maximum absolute atomic E-state index is 13.7. The first-order chi connectivity index (χ1) is 11.4. The molecule has 128 valence electrons. The third-order valence-corrected chi connectivity index (χ3v) is 7.06. The Balaban J connectivity index is 1.85. The number of halogens is 2. The van der Waals surface area contributed by atoms with Crippen LogP contribution in [0.1, 0.15) is 12.8 Å². The molecule has 1 aromatic heterocycles. The summed E-state index contributed by atoms with van der Waals surface area (Å²) in [6, 6.07) is 5.31. The molecule has 1 aliphatic rings. The van der Waals surface area contributed by atoms with E-state index in [0.717, 1.165) is 27.8 Å².